The third-order valence-electron chi connectivity index (χ3n) is 5.30. The summed E-state index contributed by atoms with van der Waals surface area (Å²) in [6.07, 6.45) is 0.692. The Hall–Kier alpha value is -3.23. The number of hydrogen-bond donors (Lipinski definition) is 2. The van der Waals surface area contributed by atoms with E-state index in [4.69, 9.17) is 0 Å². The van der Waals surface area contributed by atoms with Crippen LogP contribution in [0.25, 0.3) is 0 Å². The molecular formula is C24H24N4O3S. The minimum absolute atomic E-state index is 0.0775. The Labute approximate surface area is 190 Å². The first kappa shape index (κ1) is 22.0. The van der Waals surface area contributed by atoms with Crippen molar-refractivity contribution in [3.05, 3.63) is 87.3 Å². The first-order valence-corrected chi connectivity index (χ1v) is 11.4. The van der Waals surface area contributed by atoms with Crippen molar-refractivity contribution in [3.8, 4) is 0 Å². The second-order valence-corrected chi connectivity index (χ2v) is 8.65. The quantitative estimate of drug-likeness (QED) is 0.327. The summed E-state index contributed by atoms with van der Waals surface area (Å²) in [7, 11) is 0. The highest BCUT2D eigenvalue weighted by molar-refractivity contribution is 7.99. The van der Waals surface area contributed by atoms with Gasteiger partial charge in [0.15, 0.2) is 10.9 Å². The number of Topliss-reactive ketones (excluding diaryl/α,β-unsaturated/α-hetero) is 1. The zero-order valence-corrected chi connectivity index (χ0v) is 18.6. The SMILES string of the molecule is CC(=O)c1ccccc1NC(=O)CSc1nc2c(c(=O)[nH]1)CN(Cc1ccccc1)CC2. The van der Waals surface area contributed by atoms with Crippen LogP contribution >= 0.6 is 11.8 Å². The van der Waals surface area contributed by atoms with Gasteiger partial charge in [0.1, 0.15) is 0 Å². The monoisotopic (exact) mass is 448 g/mol. The van der Waals surface area contributed by atoms with E-state index in [1.54, 1.807) is 24.3 Å². The molecule has 0 radical (unpaired) electrons. The molecule has 1 aromatic heterocycles. The van der Waals surface area contributed by atoms with Gasteiger partial charge in [0, 0.05) is 31.6 Å². The molecule has 2 aromatic carbocycles. The molecule has 0 atom stereocenters. The van der Waals surface area contributed by atoms with Gasteiger partial charge in [-0.25, -0.2) is 4.98 Å². The average Bonchev–Trinajstić information content (AvgIpc) is 2.79. The number of rotatable bonds is 7. The Morgan fingerprint density at radius 3 is 2.66 bits per heavy atom. The predicted molar refractivity (Wildman–Crippen MR) is 125 cm³/mol. The maximum Gasteiger partial charge on any atom is 0.256 e. The molecule has 4 rings (SSSR count). The van der Waals surface area contributed by atoms with E-state index in [9.17, 15) is 14.4 Å². The summed E-state index contributed by atoms with van der Waals surface area (Å²) in [5.74, 6) is -0.303. The Kier molecular flexibility index (Phi) is 6.82. The van der Waals surface area contributed by atoms with E-state index in [1.807, 2.05) is 18.2 Å². The minimum Gasteiger partial charge on any atom is -0.325 e. The second kappa shape index (κ2) is 9.93. The lowest BCUT2D eigenvalue weighted by atomic mass is 10.1. The van der Waals surface area contributed by atoms with Crippen LogP contribution in [-0.2, 0) is 24.3 Å². The summed E-state index contributed by atoms with van der Waals surface area (Å²) in [5, 5.41) is 3.19. The van der Waals surface area contributed by atoms with Gasteiger partial charge in [-0.3, -0.25) is 19.3 Å². The van der Waals surface area contributed by atoms with E-state index in [0.29, 0.717) is 34.9 Å². The maximum atomic E-state index is 12.7. The summed E-state index contributed by atoms with van der Waals surface area (Å²) in [6, 6.07) is 17.1. The number of aromatic amines is 1. The standard InChI is InChI=1S/C24H24N4O3S/c1-16(29)18-9-5-6-10-20(18)25-22(30)15-32-24-26-21-11-12-28(14-19(21)23(31)27-24)13-17-7-3-2-4-8-17/h2-10H,11-15H2,1H3,(H,25,30)(H,26,27,31). The van der Waals surface area contributed by atoms with Crippen molar-refractivity contribution in [2.75, 3.05) is 17.6 Å². The number of fused-ring (bicyclic) bond motifs is 1. The van der Waals surface area contributed by atoms with Crippen LogP contribution in [-0.4, -0.2) is 38.9 Å². The number of ketones is 1. The number of nitrogens with zero attached hydrogens (tertiary/aromatic N) is 2. The predicted octanol–water partition coefficient (Wildman–Crippen LogP) is 3.26. The highest BCUT2D eigenvalue weighted by Crippen LogP contribution is 2.20. The van der Waals surface area contributed by atoms with Crippen molar-refractivity contribution in [1.82, 2.24) is 14.9 Å². The minimum atomic E-state index is -0.266. The number of thioether (sulfide) groups is 1. The lowest BCUT2D eigenvalue weighted by Crippen LogP contribution is -2.35. The van der Waals surface area contributed by atoms with Crippen molar-refractivity contribution in [2.45, 2.75) is 31.6 Å². The zero-order chi connectivity index (χ0) is 22.5. The number of hydrogen-bond acceptors (Lipinski definition) is 6. The summed E-state index contributed by atoms with van der Waals surface area (Å²) >= 11 is 1.18. The van der Waals surface area contributed by atoms with Crippen LogP contribution in [0, 0.1) is 0 Å². The van der Waals surface area contributed by atoms with Crippen molar-refractivity contribution in [1.29, 1.82) is 0 Å². The van der Waals surface area contributed by atoms with Crippen molar-refractivity contribution < 1.29 is 9.59 Å². The molecule has 7 nitrogen and oxygen atoms in total. The van der Waals surface area contributed by atoms with Gasteiger partial charge in [-0.1, -0.05) is 54.2 Å². The molecule has 0 saturated carbocycles. The number of H-pyrrole nitrogens is 1. The summed E-state index contributed by atoms with van der Waals surface area (Å²) in [4.78, 5) is 46.4. The molecule has 3 aromatic rings. The number of nitrogens with one attached hydrogen (secondary N) is 2. The van der Waals surface area contributed by atoms with Gasteiger partial charge < -0.3 is 10.3 Å². The smallest absolute Gasteiger partial charge is 0.256 e. The summed E-state index contributed by atoms with van der Waals surface area (Å²) in [5.41, 5.74) is 3.49. The molecule has 0 aliphatic carbocycles. The van der Waals surface area contributed by atoms with Gasteiger partial charge in [-0.15, -0.1) is 0 Å². The first-order chi connectivity index (χ1) is 15.5. The molecule has 8 heteroatoms. The van der Waals surface area contributed by atoms with Gasteiger partial charge in [0.2, 0.25) is 5.91 Å². The van der Waals surface area contributed by atoms with E-state index >= 15 is 0 Å². The lowest BCUT2D eigenvalue weighted by molar-refractivity contribution is -0.113. The van der Waals surface area contributed by atoms with Crippen LogP contribution < -0.4 is 10.9 Å². The number of carbonyl (C=O) groups is 2. The molecule has 0 unspecified atom stereocenters. The van der Waals surface area contributed by atoms with Gasteiger partial charge in [-0.05, 0) is 24.6 Å². The van der Waals surface area contributed by atoms with Crippen LogP contribution in [0.3, 0.4) is 0 Å². The number of para-hydroxylation sites is 1. The average molecular weight is 449 g/mol. The fourth-order valence-corrected chi connectivity index (χ4v) is 4.40. The van der Waals surface area contributed by atoms with E-state index < -0.39 is 0 Å². The normalized spacial score (nSPS) is 13.4. The van der Waals surface area contributed by atoms with Gasteiger partial charge in [0.05, 0.1) is 22.7 Å². The van der Waals surface area contributed by atoms with E-state index in [2.05, 4.69) is 32.3 Å². The summed E-state index contributed by atoms with van der Waals surface area (Å²) in [6.45, 7) is 3.63. The Morgan fingerprint density at radius 1 is 1.12 bits per heavy atom. The lowest BCUT2D eigenvalue weighted by Gasteiger charge is -2.27. The molecular weight excluding hydrogens is 424 g/mol. The van der Waals surface area contributed by atoms with Gasteiger partial charge >= 0.3 is 0 Å². The third-order valence-corrected chi connectivity index (χ3v) is 6.17. The van der Waals surface area contributed by atoms with Crippen LogP contribution in [0.4, 0.5) is 5.69 Å². The third kappa shape index (κ3) is 5.33. The Morgan fingerprint density at radius 2 is 1.88 bits per heavy atom. The molecule has 2 N–H and O–H groups in total. The molecule has 1 aliphatic heterocycles. The topological polar surface area (TPSA) is 95.2 Å². The van der Waals surface area contributed by atoms with Crippen LogP contribution in [0.2, 0.25) is 0 Å². The molecule has 0 fully saturated rings. The highest BCUT2D eigenvalue weighted by atomic mass is 32.2. The molecule has 0 bridgehead atoms. The first-order valence-electron chi connectivity index (χ1n) is 10.4. The van der Waals surface area contributed by atoms with Crippen LogP contribution in [0.5, 0.6) is 0 Å². The second-order valence-electron chi connectivity index (χ2n) is 7.68. The van der Waals surface area contributed by atoms with Crippen molar-refractivity contribution in [3.63, 3.8) is 0 Å². The fraction of sp³-hybridized carbons (Fsp3) is 0.250. The molecule has 2 heterocycles. The molecule has 32 heavy (non-hydrogen) atoms. The van der Waals surface area contributed by atoms with E-state index in [1.165, 1.54) is 24.2 Å². The van der Waals surface area contributed by atoms with Crippen LogP contribution in [0.15, 0.2) is 64.5 Å². The Balaban J connectivity index is 1.38. The molecule has 0 spiro atoms. The van der Waals surface area contributed by atoms with Crippen LogP contribution in [0.1, 0.15) is 34.1 Å². The summed E-state index contributed by atoms with van der Waals surface area (Å²) < 4.78 is 0. The number of aromatic nitrogens is 2. The number of amides is 1. The molecule has 164 valence electrons. The molecule has 0 saturated heterocycles. The molecule has 1 amide bonds. The van der Waals surface area contributed by atoms with E-state index in [0.717, 1.165) is 18.8 Å². The fourth-order valence-electron chi connectivity index (χ4n) is 3.72. The van der Waals surface area contributed by atoms with Crippen molar-refractivity contribution >= 4 is 29.1 Å². The number of anilines is 1. The largest absolute Gasteiger partial charge is 0.325 e. The highest BCUT2D eigenvalue weighted by Gasteiger charge is 2.21. The molecule has 1 aliphatic rings. The number of benzene rings is 2. The zero-order valence-electron chi connectivity index (χ0n) is 17.8. The van der Waals surface area contributed by atoms with Gasteiger partial charge in [-0.2, -0.15) is 0 Å². The maximum absolute atomic E-state index is 12.7. The van der Waals surface area contributed by atoms with Crippen molar-refractivity contribution in [2.24, 2.45) is 0 Å². The van der Waals surface area contributed by atoms with Gasteiger partial charge in [0.25, 0.3) is 5.56 Å². The van der Waals surface area contributed by atoms with E-state index in [-0.39, 0.29) is 23.0 Å². The number of carbonyl (C=O) groups excluding carboxylic acids is 2. The Bertz CT molecular complexity index is 1190.